The van der Waals surface area contributed by atoms with Gasteiger partial charge in [-0.1, -0.05) is 46.8 Å². The molecule has 6 nitrogen and oxygen atoms in total. The quantitative estimate of drug-likeness (QED) is 0.678. The summed E-state index contributed by atoms with van der Waals surface area (Å²) >= 11 is 0. The van der Waals surface area contributed by atoms with Gasteiger partial charge in [0.05, 0.1) is 11.2 Å². The van der Waals surface area contributed by atoms with Crippen LogP contribution in [0, 0.1) is 0 Å². The van der Waals surface area contributed by atoms with Crippen LogP contribution in [0.15, 0.2) is 30.3 Å². The van der Waals surface area contributed by atoms with E-state index in [2.05, 4.69) is 53.8 Å². The number of rotatable bonds is 7. The highest BCUT2D eigenvalue weighted by molar-refractivity contribution is 5.99. The number of carbonyl (C=O) groups is 2. The van der Waals surface area contributed by atoms with E-state index in [4.69, 9.17) is 5.10 Å². The Morgan fingerprint density at radius 1 is 1.03 bits per heavy atom. The Balaban J connectivity index is 2.21. The molecule has 0 saturated carbocycles. The summed E-state index contributed by atoms with van der Waals surface area (Å²) in [5.74, 6) is 0.302. The van der Waals surface area contributed by atoms with E-state index in [1.165, 1.54) is 5.56 Å². The van der Waals surface area contributed by atoms with E-state index in [0.717, 1.165) is 18.5 Å². The lowest BCUT2D eigenvalue weighted by Crippen LogP contribution is -2.39. The fourth-order valence-corrected chi connectivity index (χ4v) is 3.29. The molecule has 2 aromatic rings. The van der Waals surface area contributed by atoms with Gasteiger partial charge in [-0.25, -0.2) is 4.68 Å². The molecule has 2 amide bonds. The maximum Gasteiger partial charge on any atom is 0.254 e. The summed E-state index contributed by atoms with van der Waals surface area (Å²) in [5, 5.41) is 7.73. The Hall–Kier alpha value is -2.63. The molecular formula is C25H38N4O2. The number of carbonyl (C=O) groups excluding carboxylic acids is 2. The van der Waals surface area contributed by atoms with E-state index >= 15 is 0 Å². The van der Waals surface area contributed by atoms with Crippen LogP contribution in [-0.4, -0.2) is 39.6 Å². The zero-order chi connectivity index (χ0) is 23.4. The molecule has 0 bridgehead atoms. The lowest BCUT2D eigenvalue weighted by Gasteiger charge is -2.24. The van der Waals surface area contributed by atoms with Gasteiger partial charge >= 0.3 is 0 Å². The molecular weight excluding hydrogens is 388 g/mol. The average Bonchev–Trinajstić information content (AvgIpc) is 3.12. The van der Waals surface area contributed by atoms with E-state index in [1.54, 1.807) is 4.90 Å². The number of hydrogen-bond donors (Lipinski definition) is 1. The van der Waals surface area contributed by atoms with Gasteiger partial charge in [0.25, 0.3) is 5.91 Å². The average molecular weight is 427 g/mol. The molecule has 0 fully saturated rings. The Kier molecular flexibility index (Phi) is 7.68. The van der Waals surface area contributed by atoms with Gasteiger partial charge in [0.1, 0.15) is 12.4 Å². The third kappa shape index (κ3) is 6.42. The summed E-state index contributed by atoms with van der Waals surface area (Å²) in [6.45, 7) is 17.0. The van der Waals surface area contributed by atoms with Gasteiger partial charge in [0.2, 0.25) is 5.91 Å². The van der Waals surface area contributed by atoms with Crippen molar-refractivity contribution in [1.29, 1.82) is 0 Å². The van der Waals surface area contributed by atoms with Gasteiger partial charge in [-0.2, -0.15) is 5.10 Å². The normalized spacial score (nSPS) is 12.0. The minimum absolute atomic E-state index is 0.00236. The SMILES string of the molecule is CCCN(CC(=O)Nc1cc(C(C)(C)C)nn1C(C)(C)C)C(=O)c1ccc(CC)cc1. The topological polar surface area (TPSA) is 67.2 Å². The van der Waals surface area contributed by atoms with Crippen LogP contribution < -0.4 is 5.32 Å². The first kappa shape index (κ1) is 24.6. The Morgan fingerprint density at radius 3 is 2.13 bits per heavy atom. The number of nitrogens with zero attached hydrogens (tertiary/aromatic N) is 3. The van der Waals surface area contributed by atoms with Crippen molar-refractivity contribution in [2.24, 2.45) is 0 Å². The van der Waals surface area contributed by atoms with Gasteiger partial charge < -0.3 is 10.2 Å². The molecule has 0 aliphatic heterocycles. The molecule has 0 aliphatic carbocycles. The Labute approximate surface area is 187 Å². The first-order chi connectivity index (χ1) is 14.4. The Bertz CT molecular complexity index is 899. The number of amides is 2. The molecule has 0 spiro atoms. The molecule has 1 heterocycles. The van der Waals surface area contributed by atoms with Crippen LogP contribution in [0.2, 0.25) is 0 Å². The highest BCUT2D eigenvalue weighted by Crippen LogP contribution is 2.28. The number of nitrogens with one attached hydrogen (secondary N) is 1. The molecule has 1 N–H and O–H groups in total. The van der Waals surface area contributed by atoms with E-state index < -0.39 is 0 Å². The number of aryl methyl sites for hydroxylation is 1. The maximum absolute atomic E-state index is 13.0. The first-order valence-electron chi connectivity index (χ1n) is 11.2. The number of benzene rings is 1. The van der Waals surface area contributed by atoms with E-state index in [9.17, 15) is 9.59 Å². The lowest BCUT2D eigenvalue weighted by atomic mass is 9.92. The number of hydrogen-bond acceptors (Lipinski definition) is 3. The second kappa shape index (κ2) is 9.67. The highest BCUT2D eigenvalue weighted by atomic mass is 16.2. The van der Waals surface area contributed by atoms with Gasteiger partial charge in [-0.15, -0.1) is 0 Å². The molecule has 0 atom stereocenters. The third-order valence-electron chi connectivity index (χ3n) is 5.11. The summed E-state index contributed by atoms with van der Waals surface area (Å²) < 4.78 is 1.85. The smallest absolute Gasteiger partial charge is 0.254 e. The zero-order valence-corrected chi connectivity index (χ0v) is 20.4. The number of anilines is 1. The molecule has 6 heteroatoms. The van der Waals surface area contributed by atoms with E-state index in [1.807, 2.05) is 41.9 Å². The van der Waals surface area contributed by atoms with Crippen LogP contribution in [0.3, 0.4) is 0 Å². The van der Waals surface area contributed by atoms with Gasteiger partial charge in [0.15, 0.2) is 0 Å². The Morgan fingerprint density at radius 2 is 1.65 bits per heavy atom. The van der Waals surface area contributed by atoms with Crippen LogP contribution in [0.1, 0.15) is 83.4 Å². The van der Waals surface area contributed by atoms with Crippen LogP contribution >= 0.6 is 0 Å². The summed E-state index contributed by atoms with van der Waals surface area (Å²) in [6.07, 6.45) is 1.70. The summed E-state index contributed by atoms with van der Waals surface area (Å²) in [7, 11) is 0. The van der Waals surface area contributed by atoms with Gasteiger partial charge in [0, 0.05) is 23.6 Å². The molecule has 0 radical (unpaired) electrons. The summed E-state index contributed by atoms with van der Waals surface area (Å²) in [4.78, 5) is 27.5. The molecule has 1 aromatic heterocycles. The minimum atomic E-state index is -0.286. The largest absolute Gasteiger partial charge is 0.329 e. The minimum Gasteiger partial charge on any atom is -0.329 e. The third-order valence-corrected chi connectivity index (χ3v) is 5.11. The van der Waals surface area contributed by atoms with Crippen molar-refractivity contribution < 1.29 is 9.59 Å². The van der Waals surface area contributed by atoms with Crippen molar-refractivity contribution >= 4 is 17.6 Å². The molecule has 1 aromatic carbocycles. The zero-order valence-electron chi connectivity index (χ0n) is 20.4. The number of aromatic nitrogens is 2. The lowest BCUT2D eigenvalue weighted by molar-refractivity contribution is -0.117. The monoisotopic (exact) mass is 426 g/mol. The van der Waals surface area contributed by atoms with E-state index in [-0.39, 0.29) is 29.3 Å². The van der Waals surface area contributed by atoms with Crippen molar-refractivity contribution in [2.75, 3.05) is 18.4 Å². The van der Waals surface area contributed by atoms with Gasteiger partial charge in [-0.05, 0) is 51.3 Å². The van der Waals surface area contributed by atoms with Crippen molar-refractivity contribution in [1.82, 2.24) is 14.7 Å². The predicted octanol–water partition coefficient (Wildman–Crippen LogP) is 4.99. The standard InChI is InChI=1S/C25H38N4O2/c1-9-15-28(23(31)19-13-11-18(10-2)12-14-19)17-22(30)26-21-16-20(24(3,4)5)27-29(21)25(6,7)8/h11-14,16H,9-10,15,17H2,1-8H3,(H,26,30). The molecule has 31 heavy (non-hydrogen) atoms. The van der Waals surface area contributed by atoms with Crippen molar-refractivity contribution in [2.45, 2.75) is 79.2 Å². The van der Waals surface area contributed by atoms with Crippen LogP contribution in [-0.2, 0) is 22.2 Å². The second-order valence-electron chi connectivity index (χ2n) is 10.1. The predicted molar refractivity (Wildman–Crippen MR) is 127 cm³/mol. The summed E-state index contributed by atoms with van der Waals surface area (Å²) in [5.41, 5.74) is 2.28. The van der Waals surface area contributed by atoms with Crippen LogP contribution in [0.4, 0.5) is 5.82 Å². The van der Waals surface area contributed by atoms with E-state index in [0.29, 0.717) is 17.9 Å². The summed E-state index contributed by atoms with van der Waals surface area (Å²) in [6, 6.07) is 9.54. The first-order valence-corrected chi connectivity index (χ1v) is 11.2. The van der Waals surface area contributed by atoms with Gasteiger partial charge in [-0.3, -0.25) is 9.59 Å². The molecule has 0 saturated heterocycles. The van der Waals surface area contributed by atoms with Crippen LogP contribution in [0.25, 0.3) is 0 Å². The molecule has 170 valence electrons. The fraction of sp³-hybridized carbons (Fsp3) is 0.560. The molecule has 2 rings (SSSR count). The highest BCUT2D eigenvalue weighted by Gasteiger charge is 2.26. The van der Waals surface area contributed by atoms with Crippen molar-refractivity contribution in [3.63, 3.8) is 0 Å². The maximum atomic E-state index is 13.0. The van der Waals surface area contributed by atoms with Crippen LogP contribution in [0.5, 0.6) is 0 Å². The second-order valence-corrected chi connectivity index (χ2v) is 10.1. The molecule has 0 aliphatic rings. The molecule has 0 unspecified atom stereocenters. The van der Waals surface area contributed by atoms with Crippen molar-refractivity contribution in [3.05, 3.63) is 47.2 Å². The fourth-order valence-electron chi connectivity index (χ4n) is 3.29. The van der Waals surface area contributed by atoms with Crippen molar-refractivity contribution in [3.8, 4) is 0 Å².